The molecule has 0 aliphatic carbocycles. The van der Waals surface area contributed by atoms with Crippen LogP contribution in [0.5, 0.6) is 0 Å². The summed E-state index contributed by atoms with van der Waals surface area (Å²) in [6.45, 7) is 6.00. The number of halogens is 1. The Morgan fingerprint density at radius 3 is 2.47 bits per heavy atom. The van der Waals surface area contributed by atoms with Gasteiger partial charge in [-0.2, -0.15) is 0 Å². The molecule has 1 saturated heterocycles. The van der Waals surface area contributed by atoms with Crippen LogP contribution in [0.25, 0.3) is 0 Å². The third-order valence-electron chi connectivity index (χ3n) is 3.56. The molecule has 1 heterocycles. The van der Waals surface area contributed by atoms with Gasteiger partial charge in [-0.3, -0.25) is 0 Å². The van der Waals surface area contributed by atoms with Crippen molar-refractivity contribution in [3.63, 3.8) is 0 Å². The highest BCUT2D eigenvalue weighted by molar-refractivity contribution is 5.85. The topological polar surface area (TPSA) is 35.2 Å². The van der Waals surface area contributed by atoms with Gasteiger partial charge in [0.05, 0.1) is 0 Å². The van der Waals surface area contributed by atoms with Gasteiger partial charge in [-0.1, -0.05) is 23.8 Å². The van der Waals surface area contributed by atoms with Crippen LogP contribution in [0.3, 0.4) is 0 Å². The fourth-order valence-electron chi connectivity index (χ4n) is 2.53. The third-order valence-corrected chi connectivity index (χ3v) is 3.56. The fraction of sp³-hybridized carbons (Fsp3) is 0.571. The number of hydrogen-bond acceptors (Lipinski definition) is 2. The van der Waals surface area contributed by atoms with Crippen LogP contribution in [-0.4, -0.2) is 13.2 Å². The van der Waals surface area contributed by atoms with Crippen molar-refractivity contribution in [3.05, 3.63) is 34.9 Å². The zero-order chi connectivity index (χ0) is 11.5. The van der Waals surface area contributed by atoms with E-state index in [9.17, 15) is 0 Å². The number of aryl methyl sites for hydroxylation is 2. The minimum atomic E-state index is 0. The second-order valence-electron chi connectivity index (χ2n) is 4.84. The summed E-state index contributed by atoms with van der Waals surface area (Å²) >= 11 is 0. The maximum absolute atomic E-state index is 6.37. The standard InChI is InChI=1S/C14H21NO.ClH/c1-10-3-4-13(11(2)9-10)14(15)12-5-7-16-8-6-12;/h3-4,9,12,14H,5-8,15H2,1-2H3;1H/t14-;/m0./s1. The molecular formula is C14H22ClNO. The van der Waals surface area contributed by atoms with Crippen LogP contribution in [0.15, 0.2) is 18.2 Å². The van der Waals surface area contributed by atoms with Crippen molar-refractivity contribution in [2.24, 2.45) is 11.7 Å². The van der Waals surface area contributed by atoms with E-state index in [0.717, 1.165) is 26.1 Å². The van der Waals surface area contributed by atoms with Gasteiger partial charge in [0.1, 0.15) is 0 Å². The summed E-state index contributed by atoms with van der Waals surface area (Å²) in [5.74, 6) is 0.579. The van der Waals surface area contributed by atoms with Crippen LogP contribution in [0.2, 0.25) is 0 Å². The molecule has 1 aromatic rings. The second kappa shape index (κ2) is 6.39. The Labute approximate surface area is 110 Å². The molecule has 0 bridgehead atoms. The van der Waals surface area contributed by atoms with Gasteiger partial charge >= 0.3 is 0 Å². The number of ether oxygens (including phenoxy) is 1. The van der Waals surface area contributed by atoms with E-state index in [-0.39, 0.29) is 18.4 Å². The van der Waals surface area contributed by atoms with Gasteiger partial charge < -0.3 is 10.5 Å². The van der Waals surface area contributed by atoms with Crippen molar-refractivity contribution in [1.82, 2.24) is 0 Å². The molecule has 3 heteroatoms. The predicted molar refractivity (Wildman–Crippen MR) is 73.6 cm³/mol. The average molecular weight is 256 g/mol. The predicted octanol–water partition coefficient (Wildman–Crippen LogP) is 3.15. The largest absolute Gasteiger partial charge is 0.381 e. The van der Waals surface area contributed by atoms with Crippen LogP contribution < -0.4 is 5.73 Å². The lowest BCUT2D eigenvalue weighted by atomic mass is 9.85. The highest BCUT2D eigenvalue weighted by atomic mass is 35.5. The summed E-state index contributed by atoms with van der Waals surface area (Å²) in [4.78, 5) is 0. The quantitative estimate of drug-likeness (QED) is 0.881. The van der Waals surface area contributed by atoms with Gasteiger partial charge in [0, 0.05) is 19.3 Å². The maximum atomic E-state index is 6.37. The van der Waals surface area contributed by atoms with Crippen molar-refractivity contribution in [2.45, 2.75) is 32.7 Å². The Morgan fingerprint density at radius 1 is 1.24 bits per heavy atom. The Balaban J connectivity index is 0.00000144. The van der Waals surface area contributed by atoms with Gasteiger partial charge in [-0.05, 0) is 43.7 Å². The summed E-state index contributed by atoms with van der Waals surface area (Å²) in [6.07, 6.45) is 2.18. The first-order chi connectivity index (χ1) is 7.68. The molecule has 0 saturated carbocycles. The molecule has 1 aliphatic rings. The minimum Gasteiger partial charge on any atom is -0.381 e. The van der Waals surface area contributed by atoms with E-state index in [1.54, 1.807) is 0 Å². The molecule has 2 rings (SSSR count). The molecule has 1 aliphatic heterocycles. The minimum absolute atomic E-state index is 0. The molecule has 0 radical (unpaired) electrons. The Hall–Kier alpha value is -0.570. The molecule has 0 amide bonds. The number of nitrogens with two attached hydrogens (primary N) is 1. The first-order valence-electron chi connectivity index (χ1n) is 6.09. The molecule has 2 N–H and O–H groups in total. The lowest BCUT2D eigenvalue weighted by Crippen LogP contribution is -2.27. The van der Waals surface area contributed by atoms with Crippen molar-refractivity contribution < 1.29 is 4.74 Å². The molecule has 1 fully saturated rings. The van der Waals surface area contributed by atoms with Crippen LogP contribution in [0.1, 0.15) is 35.6 Å². The summed E-state index contributed by atoms with van der Waals surface area (Å²) in [5, 5.41) is 0. The molecule has 1 aromatic carbocycles. The average Bonchev–Trinajstić information content (AvgIpc) is 2.29. The SMILES string of the molecule is Cc1ccc([C@@H](N)C2CCOCC2)c(C)c1.Cl. The van der Waals surface area contributed by atoms with E-state index in [2.05, 4.69) is 32.0 Å². The molecule has 17 heavy (non-hydrogen) atoms. The Morgan fingerprint density at radius 2 is 1.88 bits per heavy atom. The number of rotatable bonds is 2. The first kappa shape index (κ1) is 14.5. The number of hydrogen-bond donors (Lipinski definition) is 1. The zero-order valence-electron chi connectivity index (χ0n) is 10.6. The van der Waals surface area contributed by atoms with Crippen molar-refractivity contribution in [3.8, 4) is 0 Å². The molecule has 0 unspecified atom stereocenters. The van der Waals surface area contributed by atoms with Crippen molar-refractivity contribution >= 4 is 12.4 Å². The van der Waals surface area contributed by atoms with Crippen molar-refractivity contribution in [1.29, 1.82) is 0 Å². The summed E-state index contributed by atoms with van der Waals surface area (Å²) in [6, 6.07) is 6.73. The van der Waals surface area contributed by atoms with Crippen LogP contribution in [-0.2, 0) is 4.74 Å². The van der Waals surface area contributed by atoms with Gasteiger partial charge in [0.15, 0.2) is 0 Å². The normalized spacial score (nSPS) is 18.5. The van der Waals surface area contributed by atoms with Gasteiger partial charge in [0.2, 0.25) is 0 Å². The Bertz CT molecular complexity index is 361. The van der Waals surface area contributed by atoms with E-state index in [1.807, 2.05) is 0 Å². The van der Waals surface area contributed by atoms with Crippen LogP contribution in [0.4, 0.5) is 0 Å². The van der Waals surface area contributed by atoms with E-state index < -0.39 is 0 Å². The molecular weight excluding hydrogens is 234 g/mol. The number of benzene rings is 1. The summed E-state index contributed by atoms with van der Waals surface area (Å²) in [5.41, 5.74) is 10.3. The molecule has 0 spiro atoms. The molecule has 0 aromatic heterocycles. The molecule has 96 valence electrons. The van der Waals surface area contributed by atoms with Crippen LogP contribution in [0, 0.1) is 19.8 Å². The van der Waals surface area contributed by atoms with E-state index >= 15 is 0 Å². The fourth-order valence-corrected chi connectivity index (χ4v) is 2.53. The lowest BCUT2D eigenvalue weighted by Gasteiger charge is -2.28. The Kier molecular flexibility index (Phi) is 5.44. The van der Waals surface area contributed by atoms with Gasteiger partial charge in [-0.25, -0.2) is 0 Å². The summed E-state index contributed by atoms with van der Waals surface area (Å²) < 4.78 is 5.38. The highest BCUT2D eigenvalue weighted by Crippen LogP contribution is 2.29. The zero-order valence-corrected chi connectivity index (χ0v) is 11.4. The second-order valence-corrected chi connectivity index (χ2v) is 4.84. The lowest BCUT2D eigenvalue weighted by molar-refractivity contribution is 0.0583. The van der Waals surface area contributed by atoms with Crippen molar-refractivity contribution in [2.75, 3.05) is 13.2 Å². The smallest absolute Gasteiger partial charge is 0.0469 e. The maximum Gasteiger partial charge on any atom is 0.0469 e. The van der Waals surface area contributed by atoms with Crippen LogP contribution >= 0.6 is 12.4 Å². The van der Waals surface area contributed by atoms with E-state index in [4.69, 9.17) is 10.5 Å². The molecule has 2 nitrogen and oxygen atoms in total. The molecule has 1 atom stereocenters. The van der Waals surface area contributed by atoms with E-state index in [1.165, 1.54) is 16.7 Å². The highest BCUT2D eigenvalue weighted by Gasteiger charge is 2.23. The monoisotopic (exact) mass is 255 g/mol. The van der Waals surface area contributed by atoms with Gasteiger partial charge in [-0.15, -0.1) is 12.4 Å². The van der Waals surface area contributed by atoms with Gasteiger partial charge in [0.25, 0.3) is 0 Å². The van der Waals surface area contributed by atoms with E-state index in [0.29, 0.717) is 5.92 Å². The first-order valence-corrected chi connectivity index (χ1v) is 6.09. The third kappa shape index (κ3) is 3.44. The summed E-state index contributed by atoms with van der Waals surface area (Å²) in [7, 11) is 0.